The Bertz CT molecular complexity index is 404. The summed E-state index contributed by atoms with van der Waals surface area (Å²) >= 11 is 8.66. The number of anilines is 1. The monoisotopic (exact) mass is 305 g/mol. The molecule has 0 spiro atoms. The Morgan fingerprint density at radius 1 is 1.75 bits per heavy atom. The van der Waals surface area contributed by atoms with Crippen molar-refractivity contribution in [1.29, 1.82) is 0 Å². The smallest absolute Gasteiger partial charge is 0.336 e. The first-order valence-corrected chi connectivity index (χ1v) is 5.71. The Morgan fingerprint density at radius 3 is 3.25 bits per heavy atom. The van der Waals surface area contributed by atoms with Crippen LogP contribution in [0.15, 0.2) is 18.3 Å². The maximum absolute atomic E-state index is 11.3. The number of hydrazine groups is 1. The highest BCUT2D eigenvalue weighted by atomic mass is 79.9. The molecule has 16 heavy (non-hydrogen) atoms. The average molecular weight is 307 g/mol. The van der Waals surface area contributed by atoms with Crippen molar-refractivity contribution in [3.63, 3.8) is 0 Å². The van der Waals surface area contributed by atoms with E-state index in [-0.39, 0.29) is 12.0 Å². The van der Waals surface area contributed by atoms with Crippen molar-refractivity contribution in [1.82, 2.24) is 10.4 Å². The van der Waals surface area contributed by atoms with Gasteiger partial charge in [-0.3, -0.25) is 5.01 Å². The SMILES string of the molecule is O=C(OBr)C1CCN(c2ncccc2Cl)N1. The number of pyridine rings is 1. The van der Waals surface area contributed by atoms with Gasteiger partial charge in [0.25, 0.3) is 0 Å². The largest absolute Gasteiger partial charge is 0.382 e. The maximum Gasteiger partial charge on any atom is 0.336 e. The Balaban J connectivity index is 2.09. The van der Waals surface area contributed by atoms with E-state index in [0.717, 1.165) is 0 Å². The van der Waals surface area contributed by atoms with E-state index in [0.29, 0.717) is 23.8 Å². The molecular formula is C9H9BrClN3O2. The molecule has 0 saturated carbocycles. The third-order valence-electron chi connectivity index (χ3n) is 2.31. The second-order valence-corrected chi connectivity index (χ2v) is 4.06. The predicted octanol–water partition coefficient (Wildman–Crippen LogP) is 1.67. The van der Waals surface area contributed by atoms with E-state index in [1.54, 1.807) is 23.3 Å². The van der Waals surface area contributed by atoms with Crippen LogP contribution in [0, 0.1) is 0 Å². The van der Waals surface area contributed by atoms with Crippen molar-refractivity contribution in [2.75, 3.05) is 11.6 Å². The first-order chi connectivity index (χ1) is 7.72. The quantitative estimate of drug-likeness (QED) is 0.901. The van der Waals surface area contributed by atoms with Crippen molar-refractivity contribution in [3.05, 3.63) is 23.4 Å². The van der Waals surface area contributed by atoms with Crippen LogP contribution in [0.4, 0.5) is 5.82 Å². The molecule has 2 heterocycles. The summed E-state index contributed by atoms with van der Waals surface area (Å²) in [6, 6.07) is 3.14. The Kier molecular flexibility index (Phi) is 3.63. The summed E-state index contributed by atoms with van der Waals surface area (Å²) in [7, 11) is 0. The highest BCUT2D eigenvalue weighted by Crippen LogP contribution is 2.24. The zero-order valence-electron chi connectivity index (χ0n) is 8.19. The molecule has 1 unspecified atom stereocenters. The summed E-state index contributed by atoms with van der Waals surface area (Å²) in [6.45, 7) is 0.656. The number of hydrogen-bond donors (Lipinski definition) is 1. The number of halogens is 2. The topological polar surface area (TPSA) is 54.5 Å². The van der Waals surface area contributed by atoms with E-state index < -0.39 is 0 Å². The third-order valence-corrected chi connectivity index (χ3v) is 2.92. The highest BCUT2D eigenvalue weighted by molar-refractivity contribution is 9.06. The van der Waals surface area contributed by atoms with Crippen molar-refractivity contribution in [2.45, 2.75) is 12.5 Å². The summed E-state index contributed by atoms with van der Waals surface area (Å²) < 4.78 is 4.48. The van der Waals surface area contributed by atoms with Gasteiger partial charge in [-0.25, -0.2) is 15.2 Å². The minimum absolute atomic E-state index is 0.352. The summed E-state index contributed by atoms with van der Waals surface area (Å²) in [5, 5.41) is 2.29. The molecule has 1 aromatic rings. The van der Waals surface area contributed by atoms with Crippen molar-refractivity contribution < 1.29 is 8.62 Å². The van der Waals surface area contributed by atoms with Crippen LogP contribution < -0.4 is 10.4 Å². The van der Waals surface area contributed by atoms with Crippen LogP contribution in [-0.4, -0.2) is 23.5 Å². The molecule has 1 saturated heterocycles. The summed E-state index contributed by atoms with van der Waals surface area (Å²) in [5.74, 6) is 0.267. The fourth-order valence-electron chi connectivity index (χ4n) is 1.54. The van der Waals surface area contributed by atoms with Gasteiger partial charge < -0.3 is 3.83 Å². The minimum atomic E-state index is -0.363. The van der Waals surface area contributed by atoms with E-state index in [1.165, 1.54) is 0 Å². The van der Waals surface area contributed by atoms with Crippen LogP contribution in [-0.2, 0) is 8.62 Å². The van der Waals surface area contributed by atoms with Gasteiger partial charge in [-0.05, 0) is 18.6 Å². The molecule has 1 aromatic heterocycles. The number of nitrogens with one attached hydrogen (secondary N) is 1. The van der Waals surface area contributed by atoms with Gasteiger partial charge in [0, 0.05) is 12.7 Å². The molecule has 86 valence electrons. The molecule has 0 amide bonds. The van der Waals surface area contributed by atoms with Gasteiger partial charge in [0.05, 0.1) is 5.02 Å². The fourth-order valence-corrected chi connectivity index (χ4v) is 1.99. The summed E-state index contributed by atoms with van der Waals surface area (Å²) in [4.78, 5) is 15.4. The van der Waals surface area contributed by atoms with Gasteiger partial charge in [-0.1, -0.05) is 11.6 Å². The third kappa shape index (κ3) is 2.28. The molecule has 2 rings (SSSR count). The van der Waals surface area contributed by atoms with Crippen LogP contribution in [0.1, 0.15) is 6.42 Å². The van der Waals surface area contributed by atoms with Gasteiger partial charge in [0.1, 0.15) is 6.04 Å². The fraction of sp³-hybridized carbons (Fsp3) is 0.333. The lowest BCUT2D eigenvalue weighted by Gasteiger charge is -2.18. The Hall–Kier alpha value is -0.850. The number of carbonyl (C=O) groups excluding carboxylic acids is 1. The lowest BCUT2D eigenvalue weighted by atomic mass is 10.2. The molecule has 1 atom stereocenters. The molecular weight excluding hydrogens is 297 g/mol. The number of hydrogen-bond acceptors (Lipinski definition) is 5. The number of nitrogens with zero attached hydrogens (tertiary/aromatic N) is 2. The second kappa shape index (κ2) is 4.99. The minimum Gasteiger partial charge on any atom is -0.382 e. The molecule has 1 fully saturated rings. The van der Waals surface area contributed by atoms with E-state index in [9.17, 15) is 4.79 Å². The van der Waals surface area contributed by atoms with Gasteiger partial charge in [0.15, 0.2) is 22.1 Å². The molecule has 0 radical (unpaired) electrons. The van der Waals surface area contributed by atoms with Crippen molar-refractivity contribution >= 4 is 39.6 Å². The lowest BCUT2D eigenvalue weighted by Crippen LogP contribution is -2.40. The highest BCUT2D eigenvalue weighted by Gasteiger charge is 2.30. The van der Waals surface area contributed by atoms with Gasteiger partial charge in [-0.15, -0.1) is 0 Å². The van der Waals surface area contributed by atoms with Gasteiger partial charge in [-0.2, -0.15) is 0 Å². The molecule has 1 N–H and O–H groups in total. The number of aromatic nitrogens is 1. The predicted molar refractivity (Wildman–Crippen MR) is 63.2 cm³/mol. The molecule has 0 aliphatic carbocycles. The lowest BCUT2D eigenvalue weighted by molar-refractivity contribution is -0.134. The normalized spacial score (nSPS) is 19.9. The zero-order chi connectivity index (χ0) is 11.5. The summed E-state index contributed by atoms with van der Waals surface area (Å²) in [6.07, 6.45) is 2.30. The van der Waals surface area contributed by atoms with E-state index in [2.05, 4.69) is 30.5 Å². The first-order valence-electron chi connectivity index (χ1n) is 4.69. The molecule has 1 aliphatic heterocycles. The molecule has 5 nitrogen and oxygen atoms in total. The molecule has 1 aliphatic rings. The zero-order valence-corrected chi connectivity index (χ0v) is 10.5. The van der Waals surface area contributed by atoms with Crippen LogP contribution >= 0.6 is 27.9 Å². The average Bonchev–Trinajstić information content (AvgIpc) is 2.78. The van der Waals surface area contributed by atoms with E-state index in [4.69, 9.17) is 11.6 Å². The molecule has 7 heteroatoms. The van der Waals surface area contributed by atoms with E-state index in [1.807, 2.05) is 0 Å². The molecule has 0 bridgehead atoms. The number of rotatable bonds is 2. The van der Waals surface area contributed by atoms with Crippen LogP contribution in [0.2, 0.25) is 5.02 Å². The Morgan fingerprint density at radius 2 is 2.56 bits per heavy atom. The van der Waals surface area contributed by atoms with Gasteiger partial charge >= 0.3 is 5.97 Å². The van der Waals surface area contributed by atoms with Crippen molar-refractivity contribution in [3.8, 4) is 0 Å². The molecule has 0 aromatic carbocycles. The van der Waals surface area contributed by atoms with Crippen LogP contribution in [0.5, 0.6) is 0 Å². The van der Waals surface area contributed by atoms with E-state index >= 15 is 0 Å². The van der Waals surface area contributed by atoms with Crippen LogP contribution in [0.25, 0.3) is 0 Å². The standard InChI is InChI=1S/C9H9BrClN3O2/c10-16-9(15)7-3-5-14(13-7)8-6(11)2-1-4-12-8/h1-2,4,7,13H,3,5H2. The van der Waals surface area contributed by atoms with Crippen molar-refractivity contribution in [2.24, 2.45) is 0 Å². The number of carbonyl (C=O) groups is 1. The summed E-state index contributed by atoms with van der Waals surface area (Å²) in [5.41, 5.74) is 2.98. The maximum atomic E-state index is 11.3. The Labute approximate surface area is 106 Å². The first kappa shape index (κ1) is 11.6. The second-order valence-electron chi connectivity index (χ2n) is 3.33. The van der Waals surface area contributed by atoms with Gasteiger partial charge in [0.2, 0.25) is 0 Å². The van der Waals surface area contributed by atoms with Crippen LogP contribution in [0.3, 0.4) is 0 Å².